The Hall–Kier alpha value is -2.38. The van der Waals surface area contributed by atoms with Crippen molar-refractivity contribution >= 4 is 23.5 Å². The molecule has 2 aliphatic heterocycles. The van der Waals surface area contributed by atoms with Crippen LogP contribution in [0.2, 0.25) is 5.02 Å². The lowest BCUT2D eigenvalue weighted by atomic mass is 9.73. The topological polar surface area (TPSA) is 70.5 Å². The van der Waals surface area contributed by atoms with Crippen molar-refractivity contribution in [1.29, 1.82) is 0 Å². The third-order valence-corrected chi connectivity index (χ3v) is 7.93. The Balaban J connectivity index is 1.36. The number of piperidine rings is 1. The Labute approximate surface area is 200 Å². The molecule has 0 radical (unpaired) electrons. The molecule has 176 valence electrons. The van der Waals surface area contributed by atoms with Gasteiger partial charge in [-0.1, -0.05) is 29.8 Å². The molecule has 7 nitrogen and oxygen atoms in total. The molecule has 1 saturated carbocycles. The van der Waals surface area contributed by atoms with Gasteiger partial charge in [0.25, 0.3) is 5.91 Å². The van der Waals surface area contributed by atoms with Crippen molar-refractivity contribution < 1.29 is 9.59 Å². The van der Waals surface area contributed by atoms with E-state index in [-0.39, 0.29) is 17.9 Å². The maximum absolute atomic E-state index is 13.8. The molecule has 3 heterocycles. The van der Waals surface area contributed by atoms with Gasteiger partial charge in [0.15, 0.2) is 0 Å². The molecule has 0 bridgehead atoms. The number of aromatic nitrogens is 2. The van der Waals surface area contributed by atoms with Crippen LogP contribution in [0, 0.1) is 18.8 Å². The summed E-state index contributed by atoms with van der Waals surface area (Å²) in [7, 11) is 1.95. The molecule has 1 atom stereocenters. The highest BCUT2D eigenvalue weighted by Crippen LogP contribution is 2.39. The smallest absolute Gasteiger partial charge is 0.322 e. The molecule has 1 unspecified atom stereocenters. The number of aryl methyl sites for hydroxylation is 2. The number of nitrogens with zero attached hydrogens (tertiary/aromatic N) is 4. The zero-order valence-electron chi connectivity index (χ0n) is 19.4. The van der Waals surface area contributed by atoms with Gasteiger partial charge in [-0.15, -0.1) is 0 Å². The summed E-state index contributed by atoms with van der Waals surface area (Å²) in [6.45, 7) is 5.21. The van der Waals surface area contributed by atoms with Crippen molar-refractivity contribution in [1.82, 2.24) is 24.9 Å². The number of benzene rings is 1. The van der Waals surface area contributed by atoms with Crippen LogP contribution in [0.15, 0.2) is 30.5 Å². The van der Waals surface area contributed by atoms with E-state index in [9.17, 15) is 9.59 Å². The van der Waals surface area contributed by atoms with Crippen molar-refractivity contribution in [2.75, 3.05) is 19.6 Å². The first-order valence-corrected chi connectivity index (χ1v) is 12.3. The largest absolute Gasteiger partial charge is 0.325 e. The van der Waals surface area contributed by atoms with Crippen LogP contribution in [0.4, 0.5) is 4.79 Å². The Kier molecular flexibility index (Phi) is 5.95. The fourth-order valence-corrected chi connectivity index (χ4v) is 5.68. The normalized spacial score (nSPS) is 24.5. The molecule has 1 aliphatic carbocycles. The van der Waals surface area contributed by atoms with E-state index < -0.39 is 5.54 Å². The van der Waals surface area contributed by atoms with E-state index in [1.807, 2.05) is 42.9 Å². The second-order valence-corrected chi connectivity index (χ2v) is 10.4. The van der Waals surface area contributed by atoms with Crippen LogP contribution in [-0.4, -0.2) is 56.7 Å². The van der Waals surface area contributed by atoms with Gasteiger partial charge in [-0.05, 0) is 69.2 Å². The molecule has 0 spiro atoms. The molecular weight excluding hydrogens is 438 g/mol. The van der Waals surface area contributed by atoms with Crippen LogP contribution in [0.3, 0.4) is 0 Å². The third kappa shape index (κ3) is 4.41. The van der Waals surface area contributed by atoms with Gasteiger partial charge < -0.3 is 5.32 Å². The molecule has 33 heavy (non-hydrogen) atoms. The lowest BCUT2D eigenvalue weighted by molar-refractivity contribution is -0.134. The number of likely N-dealkylation sites (tertiary alicyclic amines) is 1. The molecule has 3 aliphatic rings. The number of amides is 3. The molecule has 8 heteroatoms. The Bertz CT molecular complexity index is 1060. The molecule has 2 aromatic rings. The minimum Gasteiger partial charge on any atom is -0.322 e. The van der Waals surface area contributed by atoms with Crippen LogP contribution in [-0.2, 0) is 24.8 Å². The molecule has 3 amide bonds. The zero-order chi connectivity index (χ0) is 23.2. The Morgan fingerprint density at radius 3 is 2.48 bits per heavy atom. The predicted octanol–water partition coefficient (Wildman–Crippen LogP) is 3.54. The molecule has 5 rings (SSSR count). The van der Waals surface area contributed by atoms with Crippen molar-refractivity contribution in [3.63, 3.8) is 0 Å². The number of halogens is 1. The minimum atomic E-state index is -0.923. The van der Waals surface area contributed by atoms with Crippen LogP contribution >= 0.6 is 11.6 Å². The first-order chi connectivity index (χ1) is 15.9. The molecule has 1 aromatic heterocycles. The maximum Gasteiger partial charge on any atom is 0.325 e. The summed E-state index contributed by atoms with van der Waals surface area (Å²) in [6, 6.07) is 7.41. The zero-order valence-corrected chi connectivity index (χ0v) is 20.1. The second-order valence-electron chi connectivity index (χ2n) is 9.99. The second kappa shape index (κ2) is 8.76. The average molecular weight is 470 g/mol. The van der Waals surface area contributed by atoms with Crippen molar-refractivity contribution in [2.24, 2.45) is 18.9 Å². The molecule has 1 N–H and O–H groups in total. The summed E-state index contributed by atoms with van der Waals surface area (Å²) in [6.07, 6.45) is 6.42. The van der Waals surface area contributed by atoms with Gasteiger partial charge in [-0.3, -0.25) is 19.3 Å². The van der Waals surface area contributed by atoms with E-state index >= 15 is 0 Å². The van der Waals surface area contributed by atoms with Gasteiger partial charge in [-0.2, -0.15) is 5.10 Å². The number of carbonyl (C=O) groups excluding carboxylic acids is 2. The SMILES string of the molecule is Cc1nn(C)cc1CN1CCC(C2(Cc3ccccc3Cl)NC(=O)N(CC3CC3)C2=O)CC1. The Morgan fingerprint density at radius 2 is 1.85 bits per heavy atom. The lowest BCUT2D eigenvalue weighted by Gasteiger charge is -2.41. The number of carbonyl (C=O) groups is 2. The van der Waals surface area contributed by atoms with Crippen molar-refractivity contribution in [3.05, 3.63) is 52.3 Å². The number of hydrogen-bond acceptors (Lipinski definition) is 4. The van der Waals surface area contributed by atoms with Crippen LogP contribution in [0.5, 0.6) is 0 Å². The average Bonchev–Trinajstić information content (AvgIpc) is 3.51. The molecule has 2 saturated heterocycles. The summed E-state index contributed by atoms with van der Waals surface area (Å²) >= 11 is 6.49. The summed E-state index contributed by atoms with van der Waals surface area (Å²) in [5, 5.41) is 8.27. The molecule has 3 fully saturated rings. The number of hydrogen-bond donors (Lipinski definition) is 1. The van der Waals surface area contributed by atoms with Gasteiger partial charge in [-0.25, -0.2) is 4.79 Å². The maximum atomic E-state index is 13.8. The van der Waals surface area contributed by atoms with E-state index in [2.05, 4.69) is 21.5 Å². The summed E-state index contributed by atoms with van der Waals surface area (Å²) in [5.41, 5.74) is 2.29. The quantitative estimate of drug-likeness (QED) is 0.630. The van der Waals surface area contributed by atoms with E-state index in [0.29, 0.717) is 23.9 Å². The van der Waals surface area contributed by atoms with Gasteiger partial charge in [0.1, 0.15) is 5.54 Å². The highest BCUT2D eigenvalue weighted by atomic mass is 35.5. The van der Waals surface area contributed by atoms with Crippen molar-refractivity contribution in [2.45, 2.75) is 51.1 Å². The summed E-state index contributed by atoms with van der Waals surface area (Å²) in [5.74, 6) is 0.460. The third-order valence-electron chi connectivity index (χ3n) is 7.56. The molecular formula is C25H32ClN5O2. The number of imide groups is 1. The van der Waals surface area contributed by atoms with E-state index in [1.54, 1.807) is 0 Å². The fraction of sp³-hybridized carbons (Fsp3) is 0.560. The van der Waals surface area contributed by atoms with Crippen LogP contribution in [0.1, 0.15) is 42.5 Å². The van der Waals surface area contributed by atoms with Crippen molar-refractivity contribution in [3.8, 4) is 0 Å². The number of rotatable bonds is 7. The van der Waals surface area contributed by atoms with Gasteiger partial charge in [0.05, 0.1) is 5.69 Å². The van der Waals surface area contributed by atoms with Gasteiger partial charge in [0, 0.05) is 43.3 Å². The van der Waals surface area contributed by atoms with Gasteiger partial charge in [0.2, 0.25) is 0 Å². The highest BCUT2D eigenvalue weighted by molar-refractivity contribution is 6.31. The molecule has 1 aromatic carbocycles. The summed E-state index contributed by atoms with van der Waals surface area (Å²) < 4.78 is 1.86. The Morgan fingerprint density at radius 1 is 1.12 bits per heavy atom. The monoisotopic (exact) mass is 469 g/mol. The minimum absolute atomic E-state index is 0.0686. The van der Waals surface area contributed by atoms with E-state index in [4.69, 9.17) is 11.6 Å². The van der Waals surface area contributed by atoms with Crippen LogP contribution in [0.25, 0.3) is 0 Å². The van der Waals surface area contributed by atoms with E-state index in [0.717, 1.165) is 56.6 Å². The van der Waals surface area contributed by atoms with Gasteiger partial charge >= 0.3 is 6.03 Å². The van der Waals surface area contributed by atoms with Crippen LogP contribution < -0.4 is 5.32 Å². The standard InChI is InChI=1S/C25H32ClN5O2/c1-17-20(15-29(2)28-17)16-30-11-9-21(10-12-30)25(13-19-5-3-4-6-22(19)26)23(32)31(24(33)27-25)14-18-7-8-18/h3-6,15,18,21H,7-14,16H2,1-2H3,(H,27,33). The lowest BCUT2D eigenvalue weighted by Crippen LogP contribution is -2.57. The highest BCUT2D eigenvalue weighted by Gasteiger charge is 2.56. The fourth-order valence-electron chi connectivity index (χ4n) is 5.48. The first kappa shape index (κ1) is 22.4. The first-order valence-electron chi connectivity index (χ1n) is 11.9. The number of urea groups is 1. The number of nitrogens with one attached hydrogen (secondary N) is 1. The predicted molar refractivity (Wildman–Crippen MR) is 127 cm³/mol. The van der Waals surface area contributed by atoms with E-state index in [1.165, 1.54) is 10.5 Å². The summed E-state index contributed by atoms with van der Waals surface area (Å²) in [4.78, 5) is 30.7.